The van der Waals surface area contributed by atoms with E-state index in [1.165, 1.54) is 7.58 Å². The van der Waals surface area contributed by atoms with Crippen LogP contribution in [0, 0.1) is 2.88 Å². The van der Waals surface area contributed by atoms with Crippen molar-refractivity contribution in [2.45, 2.75) is 32.3 Å². The van der Waals surface area contributed by atoms with E-state index in [-0.39, 0.29) is 5.60 Å². The average Bonchev–Trinajstić information content (AvgIpc) is 3.07. The zero-order chi connectivity index (χ0) is 18.5. The molecule has 0 spiro atoms. The van der Waals surface area contributed by atoms with E-state index in [2.05, 4.69) is 64.0 Å². The Bertz CT molecular complexity index is 964. The van der Waals surface area contributed by atoms with Crippen LogP contribution in [0.5, 0.6) is 0 Å². The van der Waals surface area contributed by atoms with Gasteiger partial charge in [0.05, 0.1) is 30.8 Å². The van der Waals surface area contributed by atoms with Crippen LogP contribution in [-0.4, -0.2) is 51.3 Å². The molecule has 140 valence electrons. The van der Waals surface area contributed by atoms with Crippen LogP contribution in [0.1, 0.15) is 26.1 Å². The Hall–Kier alpha value is -0.970. The maximum Gasteiger partial charge on any atom is 0.152 e. The fourth-order valence-electron chi connectivity index (χ4n) is 3.76. The molecule has 4 heterocycles. The zero-order valence-electron chi connectivity index (χ0n) is 15.4. The highest BCUT2D eigenvalue weighted by molar-refractivity contribution is 14.1. The molecule has 6 nitrogen and oxygen atoms in total. The molecule has 4 rings (SSSR count). The summed E-state index contributed by atoms with van der Waals surface area (Å²) in [5.74, 6) is 1.61. The summed E-state index contributed by atoms with van der Waals surface area (Å²) in [6.07, 6.45) is 2.01. The third-order valence-electron chi connectivity index (χ3n) is 4.95. The van der Waals surface area contributed by atoms with Crippen LogP contribution in [0.15, 0.2) is 6.07 Å². The minimum atomic E-state index is -0.0435. The molecule has 8 heteroatoms. The largest absolute Gasteiger partial charge is 0.382 e. The first-order chi connectivity index (χ1) is 12.3. The first-order valence-corrected chi connectivity index (χ1v) is 10.8. The normalized spacial score (nSPS) is 18.2. The van der Waals surface area contributed by atoms with Crippen molar-refractivity contribution in [1.29, 1.82) is 0 Å². The molecule has 3 aromatic heterocycles. The quantitative estimate of drug-likeness (QED) is 0.574. The summed E-state index contributed by atoms with van der Waals surface area (Å²) in [4.78, 5) is 11.8. The van der Waals surface area contributed by atoms with E-state index < -0.39 is 0 Å². The van der Waals surface area contributed by atoms with Gasteiger partial charge in [-0.25, -0.2) is 9.97 Å². The van der Waals surface area contributed by atoms with Gasteiger partial charge in [0.2, 0.25) is 0 Å². The van der Waals surface area contributed by atoms with Gasteiger partial charge in [-0.05, 0) is 55.5 Å². The molecule has 1 aliphatic heterocycles. The SMILES string of the molecule is Cn1c(CCCN2CCOC(C)(C)C2)nc2c(N)nc3cc(I)sc3c21. The summed E-state index contributed by atoms with van der Waals surface area (Å²) in [5.41, 5.74) is 9.05. The molecule has 2 N–H and O–H groups in total. The van der Waals surface area contributed by atoms with Crippen molar-refractivity contribution in [2.75, 3.05) is 32.0 Å². The van der Waals surface area contributed by atoms with Gasteiger partial charge in [-0.3, -0.25) is 4.90 Å². The van der Waals surface area contributed by atoms with Crippen LogP contribution in [0.25, 0.3) is 21.3 Å². The summed E-state index contributed by atoms with van der Waals surface area (Å²) in [6, 6.07) is 2.09. The second-order valence-electron chi connectivity index (χ2n) is 7.53. The molecule has 0 aromatic carbocycles. The van der Waals surface area contributed by atoms with Gasteiger partial charge in [0, 0.05) is 26.6 Å². The number of halogens is 1. The average molecular weight is 485 g/mol. The van der Waals surface area contributed by atoms with Crippen LogP contribution in [0.3, 0.4) is 0 Å². The zero-order valence-corrected chi connectivity index (χ0v) is 18.4. The molecular weight excluding hydrogens is 461 g/mol. The number of hydrogen-bond donors (Lipinski definition) is 1. The van der Waals surface area contributed by atoms with Crippen molar-refractivity contribution in [2.24, 2.45) is 7.05 Å². The number of anilines is 1. The van der Waals surface area contributed by atoms with E-state index in [1.54, 1.807) is 11.3 Å². The van der Waals surface area contributed by atoms with Crippen LogP contribution in [0.2, 0.25) is 0 Å². The summed E-state index contributed by atoms with van der Waals surface area (Å²) < 4.78 is 10.4. The van der Waals surface area contributed by atoms with E-state index in [0.717, 1.165) is 61.5 Å². The van der Waals surface area contributed by atoms with Gasteiger partial charge in [-0.15, -0.1) is 11.3 Å². The van der Waals surface area contributed by atoms with Gasteiger partial charge >= 0.3 is 0 Å². The number of pyridine rings is 1. The van der Waals surface area contributed by atoms with Crippen LogP contribution in [-0.2, 0) is 18.2 Å². The van der Waals surface area contributed by atoms with Crippen molar-refractivity contribution in [3.05, 3.63) is 14.8 Å². The van der Waals surface area contributed by atoms with E-state index >= 15 is 0 Å². The van der Waals surface area contributed by atoms with Gasteiger partial charge < -0.3 is 15.0 Å². The smallest absolute Gasteiger partial charge is 0.152 e. The number of rotatable bonds is 4. The van der Waals surface area contributed by atoms with Gasteiger partial charge in [0.15, 0.2) is 5.82 Å². The number of nitrogens with two attached hydrogens (primary N) is 1. The van der Waals surface area contributed by atoms with E-state index in [0.29, 0.717) is 5.82 Å². The molecule has 3 aromatic rings. The fourth-order valence-corrected chi connectivity index (χ4v) is 5.62. The molecule has 0 amide bonds. The van der Waals surface area contributed by atoms with Gasteiger partial charge in [-0.1, -0.05) is 0 Å². The number of morpholine rings is 1. The van der Waals surface area contributed by atoms with E-state index in [9.17, 15) is 0 Å². The van der Waals surface area contributed by atoms with Crippen molar-refractivity contribution < 1.29 is 4.74 Å². The Balaban J connectivity index is 1.55. The Morgan fingerprint density at radius 1 is 1.38 bits per heavy atom. The number of thiophene rings is 1. The maximum atomic E-state index is 6.18. The minimum Gasteiger partial charge on any atom is -0.382 e. The van der Waals surface area contributed by atoms with Crippen molar-refractivity contribution in [3.63, 3.8) is 0 Å². The lowest BCUT2D eigenvalue weighted by Crippen LogP contribution is -2.48. The standard InChI is InChI=1S/C18H24IN5OS/c1-18(2)10-24(7-8-25-18)6-4-5-13-22-14-15(23(13)3)16-11(21-17(14)20)9-12(19)26-16/h9H,4-8,10H2,1-3H3,(H2,20,21). The predicted molar refractivity (Wildman–Crippen MR) is 116 cm³/mol. The summed E-state index contributed by atoms with van der Waals surface area (Å²) in [6.45, 7) is 8.20. The number of fused-ring (bicyclic) bond motifs is 3. The number of hydrogen-bond acceptors (Lipinski definition) is 6. The number of aromatic nitrogens is 3. The number of nitrogens with zero attached hydrogens (tertiary/aromatic N) is 4. The van der Waals surface area contributed by atoms with E-state index in [1.807, 2.05) is 0 Å². The Kier molecular flexibility index (Phi) is 4.87. The third kappa shape index (κ3) is 3.44. The Labute approximate surface area is 170 Å². The molecule has 26 heavy (non-hydrogen) atoms. The first-order valence-electron chi connectivity index (χ1n) is 8.90. The molecule has 0 radical (unpaired) electrons. The number of nitrogen functional groups attached to an aromatic ring is 1. The van der Waals surface area contributed by atoms with Gasteiger partial charge in [-0.2, -0.15) is 0 Å². The molecular formula is C18H24IN5OS. The lowest BCUT2D eigenvalue weighted by atomic mass is 10.1. The van der Waals surface area contributed by atoms with Crippen molar-refractivity contribution in [3.8, 4) is 0 Å². The molecule has 0 aliphatic carbocycles. The number of ether oxygens (including phenoxy) is 1. The summed E-state index contributed by atoms with van der Waals surface area (Å²) in [5, 5.41) is 0. The third-order valence-corrected chi connectivity index (χ3v) is 6.84. The number of imidazole rings is 1. The van der Waals surface area contributed by atoms with Crippen LogP contribution in [0.4, 0.5) is 5.82 Å². The first kappa shape index (κ1) is 18.4. The Morgan fingerprint density at radius 3 is 2.96 bits per heavy atom. The lowest BCUT2D eigenvalue weighted by molar-refractivity contribution is -0.0860. The monoisotopic (exact) mass is 485 g/mol. The summed E-state index contributed by atoms with van der Waals surface area (Å²) in [7, 11) is 2.09. The highest BCUT2D eigenvalue weighted by atomic mass is 127. The predicted octanol–water partition coefficient (Wildman–Crippen LogP) is 3.41. The molecule has 0 bridgehead atoms. The Morgan fingerprint density at radius 2 is 2.19 bits per heavy atom. The van der Waals surface area contributed by atoms with Crippen LogP contribution < -0.4 is 5.73 Å². The van der Waals surface area contributed by atoms with Gasteiger partial charge in [0.1, 0.15) is 11.3 Å². The van der Waals surface area contributed by atoms with E-state index in [4.69, 9.17) is 15.5 Å². The molecule has 1 fully saturated rings. The second-order valence-corrected chi connectivity index (χ2v) is 10.5. The lowest BCUT2D eigenvalue weighted by Gasteiger charge is -2.38. The molecule has 1 aliphatic rings. The minimum absolute atomic E-state index is 0.0435. The molecule has 0 saturated carbocycles. The molecule has 0 unspecified atom stereocenters. The fraction of sp³-hybridized carbons (Fsp3) is 0.556. The second kappa shape index (κ2) is 6.88. The maximum absolute atomic E-state index is 6.18. The van der Waals surface area contributed by atoms with Crippen molar-refractivity contribution >= 4 is 61.0 Å². The van der Waals surface area contributed by atoms with Gasteiger partial charge in [0.25, 0.3) is 0 Å². The number of aryl methyl sites for hydroxylation is 2. The highest BCUT2D eigenvalue weighted by Gasteiger charge is 2.26. The molecule has 0 atom stereocenters. The van der Waals surface area contributed by atoms with Crippen molar-refractivity contribution in [1.82, 2.24) is 19.4 Å². The van der Waals surface area contributed by atoms with Crippen LogP contribution >= 0.6 is 33.9 Å². The topological polar surface area (TPSA) is 69.2 Å². The molecule has 1 saturated heterocycles. The highest BCUT2D eigenvalue weighted by Crippen LogP contribution is 2.34. The summed E-state index contributed by atoms with van der Waals surface area (Å²) >= 11 is 4.09.